The summed E-state index contributed by atoms with van der Waals surface area (Å²) in [6, 6.07) is 12.9. The van der Waals surface area contributed by atoms with E-state index in [1.807, 2.05) is 36.5 Å². The third-order valence-corrected chi connectivity index (χ3v) is 2.78. The maximum absolute atomic E-state index is 8.65. The third kappa shape index (κ3) is 2.19. The van der Waals surface area contributed by atoms with E-state index in [4.69, 9.17) is 5.39 Å². The molecule has 2 heterocycles. The molecule has 0 spiro atoms. The molecule has 5 nitrogen and oxygen atoms in total. The van der Waals surface area contributed by atoms with E-state index in [1.165, 1.54) is 0 Å². The summed E-state index contributed by atoms with van der Waals surface area (Å²) in [6.07, 6.45) is 5.42. The van der Waals surface area contributed by atoms with Gasteiger partial charge in [-0.15, -0.1) is 0 Å². The Morgan fingerprint density at radius 1 is 1.00 bits per heavy atom. The zero-order chi connectivity index (χ0) is 13.1. The second-order valence-electron chi connectivity index (χ2n) is 4.01. The molecule has 0 unspecified atom stereocenters. The molecule has 0 aliphatic carbocycles. The van der Waals surface area contributed by atoms with E-state index in [0.29, 0.717) is 5.69 Å². The first-order valence-electron chi connectivity index (χ1n) is 5.78. The highest BCUT2D eigenvalue weighted by molar-refractivity contribution is 5.65. The molecule has 0 atom stereocenters. The van der Waals surface area contributed by atoms with Gasteiger partial charge in [-0.3, -0.25) is 0 Å². The van der Waals surface area contributed by atoms with Crippen molar-refractivity contribution in [1.82, 2.24) is 14.8 Å². The van der Waals surface area contributed by atoms with E-state index >= 15 is 0 Å². The summed E-state index contributed by atoms with van der Waals surface area (Å²) in [5.41, 5.74) is 2.52. The first-order valence-corrected chi connectivity index (χ1v) is 5.78. The van der Waals surface area contributed by atoms with Crippen LogP contribution in [0.3, 0.4) is 0 Å². The Kier molecular flexibility index (Phi) is 2.75. The van der Waals surface area contributed by atoms with E-state index < -0.39 is 0 Å². The molecule has 3 aromatic rings. The Labute approximate surface area is 109 Å². The zero-order valence-electron chi connectivity index (χ0n) is 10.0. The van der Waals surface area contributed by atoms with E-state index in [0.717, 1.165) is 16.9 Å². The van der Waals surface area contributed by atoms with Gasteiger partial charge in [0.1, 0.15) is 0 Å². The Morgan fingerprint density at radius 3 is 2.53 bits per heavy atom. The molecule has 3 rings (SSSR count). The van der Waals surface area contributed by atoms with Crippen LogP contribution < -0.4 is 0 Å². The molecule has 0 bridgehead atoms. The number of benzene rings is 1. The fourth-order valence-electron chi connectivity index (χ4n) is 1.81. The van der Waals surface area contributed by atoms with Gasteiger partial charge in [-0.25, -0.2) is 9.67 Å². The lowest BCUT2D eigenvalue weighted by atomic mass is 10.1. The van der Waals surface area contributed by atoms with E-state index in [9.17, 15) is 0 Å². The molecule has 0 amide bonds. The molecule has 19 heavy (non-hydrogen) atoms. The van der Waals surface area contributed by atoms with Crippen LogP contribution in [0.25, 0.3) is 21.9 Å². The minimum absolute atomic E-state index is 0.529. The molecule has 0 fully saturated rings. The number of hydrogen-bond donors (Lipinski definition) is 0. The minimum Gasteiger partial charge on any atom is -0.237 e. The molecule has 0 aliphatic rings. The van der Waals surface area contributed by atoms with Gasteiger partial charge in [-0.2, -0.15) is 5.10 Å². The summed E-state index contributed by atoms with van der Waals surface area (Å²) >= 11 is 0. The van der Waals surface area contributed by atoms with Crippen molar-refractivity contribution >= 4 is 5.69 Å². The molecule has 0 aliphatic heterocycles. The van der Waals surface area contributed by atoms with Gasteiger partial charge in [-0.1, -0.05) is 6.07 Å². The lowest BCUT2D eigenvalue weighted by molar-refractivity contribution is 0.847. The Hall–Kier alpha value is -3.00. The summed E-state index contributed by atoms with van der Waals surface area (Å²) in [7, 11) is 0. The van der Waals surface area contributed by atoms with Gasteiger partial charge < -0.3 is 0 Å². The third-order valence-electron chi connectivity index (χ3n) is 2.78. The van der Waals surface area contributed by atoms with Crippen molar-refractivity contribution < 1.29 is 0 Å². The average molecular weight is 248 g/mol. The van der Waals surface area contributed by atoms with Gasteiger partial charge in [0, 0.05) is 30.1 Å². The molecule has 1 aromatic carbocycles. The first-order chi connectivity index (χ1) is 9.36. The molecule has 2 aromatic heterocycles. The van der Waals surface area contributed by atoms with Crippen molar-refractivity contribution in [2.45, 2.75) is 0 Å². The number of rotatable bonds is 2. The fourth-order valence-corrected chi connectivity index (χ4v) is 1.81. The normalized spacial score (nSPS) is 10.1. The zero-order valence-corrected chi connectivity index (χ0v) is 10.0. The second-order valence-corrected chi connectivity index (χ2v) is 4.01. The molecule has 0 saturated carbocycles. The van der Waals surface area contributed by atoms with Gasteiger partial charge in [0.2, 0.25) is 5.39 Å². The van der Waals surface area contributed by atoms with Gasteiger partial charge in [0.15, 0.2) is 10.8 Å². The van der Waals surface area contributed by atoms with E-state index in [1.54, 1.807) is 29.2 Å². The number of aromatic nitrogens is 3. The van der Waals surface area contributed by atoms with Crippen LogP contribution in [-0.2, 0) is 0 Å². The largest absolute Gasteiger partial charge is 0.385 e. The highest BCUT2D eigenvalue weighted by Crippen LogP contribution is 2.22. The Bertz CT molecular complexity index is 723. The predicted octanol–water partition coefficient (Wildman–Crippen LogP) is 3.42. The van der Waals surface area contributed by atoms with Crippen LogP contribution in [0.1, 0.15) is 0 Å². The summed E-state index contributed by atoms with van der Waals surface area (Å²) in [5.74, 6) is 0.774. The maximum Gasteiger partial charge on any atom is 0.385 e. The highest BCUT2D eigenvalue weighted by atomic mass is 15.3. The summed E-state index contributed by atoms with van der Waals surface area (Å²) in [6.45, 7) is 0. The van der Waals surface area contributed by atoms with Crippen molar-refractivity contribution in [3.05, 3.63) is 66.0 Å². The quantitative estimate of drug-likeness (QED) is 0.653. The molecule has 0 radical (unpaired) electrons. The van der Waals surface area contributed by atoms with Gasteiger partial charge in [0.25, 0.3) is 0 Å². The van der Waals surface area contributed by atoms with Gasteiger partial charge in [0.05, 0.1) is 6.20 Å². The Balaban J connectivity index is 1.95. The minimum atomic E-state index is 0.529. The predicted molar refractivity (Wildman–Crippen MR) is 71.5 cm³/mol. The van der Waals surface area contributed by atoms with Crippen molar-refractivity contribution in [1.29, 1.82) is 5.39 Å². The molecule has 5 heteroatoms. The van der Waals surface area contributed by atoms with Crippen molar-refractivity contribution in [2.24, 2.45) is 0 Å². The van der Waals surface area contributed by atoms with Crippen LogP contribution >= 0.6 is 0 Å². The first kappa shape index (κ1) is 11.1. The summed E-state index contributed by atoms with van der Waals surface area (Å²) < 4.78 is 1.72. The molecule has 0 saturated heterocycles. The molecular weight excluding hydrogens is 238 g/mol. The van der Waals surface area contributed by atoms with Crippen LogP contribution in [0.15, 0.2) is 61.1 Å². The Morgan fingerprint density at radius 2 is 1.84 bits per heavy atom. The van der Waals surface area contributed by atoms with Crippen molar-refractivity contribution in [3.8, 4) is 16.9 Å². The van der Waals surface area contributed by atoms with E-state index in [-0.39, 0.29) is 0 Å². The lowest BCUT2D eigenvalue weighted by Crippen LogP contribution is -1.95. The van der Waals surface area contributed by atoms with Gasteiger partial charge in [-0.05, 0) is 29.8 Å². The van der Waals surface area contributed by atoms with Gasteiger partial charge >= 0.3 is 5.69 Å². The van der Waals surface area contributed by atoms with Crippen LogP contribution in [0.4, 0.5) is 5.69 Å². The lowest BCUT2D eigenvalue weighted by Gasteiger charge is -1.98. The summed E-state index contributed by atoms with van der Waals surface area (Å²) in [5, 5.41) is 12.9. The van der Waals surface area contributed by atoms with Crippen LogP contribution in [0, 0.1) is 5.39 Å². The molecular formula is C14H10N5+. The number of hydrogen-bond acceptors (Lipinski definition) is 3. The maximum atomic E-state index is 8.65. The average Bonchev–Trinajstić information content (AvgIpc) is 2.98. The SMILES string of the molecule is N#[N+]c1ccc(-c2cnn(-c3ccccn3)c2)cc1. The fraction of sp³-hybridized carbons (Fsp3) is 0. The second kappa shape index (κ2) is 4.70. The van der Waals surface area contributed by atoms with Crippen molar-refractivity contribution in [3.63, 3.8) is 0 Å². The van der Waals surface area contributed by atoms with E-state index in [2.05, 4.69) is 15.1 Å². The number of pyridine rings is 1. The molecule has 90 valence electrons. The number of diazo groups is 1. The highest BCUT2D eigenvalue weighted by Gasteiger charge is 2.07. The van der Waals surface area contributed by atoms with Crippen LogP contribution in [0.5, 0.6) is 0 Å². The van der Waals surface area contributed by atoms with Crippen molar-refractivity contribution in [2.75, 3.05) is 0 Å². The summed E-state index contributed by atoms with van der Waals surface area (Å²) in [4.78, 5) is 7.36. The molecule has 0 N–H and O–H groups in total. The standard InChI is InChI=1S/C14H10N5/c15-18-13-6-4-11(5-7-13)12-9-17-19(10-12)14-3-1-2-8-16-14/h1-10H/q+1. The monoisotopic (exact) mass is 248 g/mol. The van der Waals surface area contributed by atoms with Crippen LogP contribution in [-0.4, -0.2) is 14.8 Å². The smallest absolute Gasteiger partial charge is 0.237 e. The number of nitrogens with zero attached hydrogens (tertiary/aromatic N) is 5. The topological polar surface area (TPSA) is 58.9 Å². The van der Waals surface area contributed by atoms with Crippen LogP contribution in [0.2, 0.25) is 0 Å².